The molecule has 0 radical (unpaired) electrons. The van der Waals surface area contributed by atoms with E-state index < -0.39 is 0 Å². The smallest absolute Gasteiger partial charge is 0.137 e. The molecule has 0 atom stereocenters. The number of aromatic nitrogens is 2. The summed E-state index contributed by atoms with van der Waals surface area (Å²) in [5, 5.41) is 3.36. The molecule has 0 bridgehead atoms. The highest BCUT2D eigenvalue weighted by Crippen LogP contribution is 2.19. The standard InChI is InChI=1S/C12H15N3/c1-8-5-9(2)15-11-3-4-13-7-10(11)14-12(15)6-8/h5-6,13H,3-4,7H2,1-2H3. The van der Waals surface area contributed by atoms with Gasteiger partial charge < -0.3 is 9.72 Å². The molecule has 0 aromatic carbocycles. The van der Waals surface area contributed by atoms with Gasteiger partial charge in [-0.2, -0.15) is 0 Å². The van der Waals surface area contributed by atoms with Crippen LogP contribution in [0, 0.1) is 13.8 Å². The van der Waals surface area contributed by atoms with E-state index in [0.29, 0.717) is 0 Å². The van der Waals surface area contributed by atoms with Gasteiger partial charge in [0.2, 0.25) is 0 Å². The van der Waals surface area contributed by atoms with Crippen LogP contribution in [0.4, 0.5) is 0 Å². The molecule has 3 rings (SSSR count). The monoisotopic (exact) mass is 201 g/mol. The van der Waals surface area contributed by atoms with Gasteiger partial charge in [0.25, 0.3) is 0 Å². The lowest BCUT2D eigenvalue weighted by atomic mass is 10.2. The van der Waals surface area contributed by atoms with Crippen molar-refractivity contribution >= 4 is 5.65 Å². The highest BCUT2D eigenvalue weighted by atomic mass is 15.1. The maximum Gasteiger partial charge on any atom is 0.137 e. The molecule has 1 N–H and O–H groups in total. The van der Waals surface area contributed by atoms with Crippen molar-refractivity contribution in [3.05, 3.63) is 34.8 Å². The van der Waals surface area contributed by atoms with Crippen molar-refractivity contribution in [1.29, 1.82) is 0 Å². The highest BCUT2D eigenvalue weighted by molar-refractivity contribution is 5.48. The minimum absolute atomic E-state index is 0.912. The van der Waals surface area contributed by atoms with Gasteiger partial charge in [-0.1, -0.05) is 0 Å². The molecule has 0 saturated carbocycles. The number of aryl methyl sites for hydroxylation is 2. The number of fused-ring (bicyclic) bond motifs is 3. The summed E-state index contributed by atoms with van der Waals surface area (Å²) in [6.45, 7) is 6.26. The molecule has 0 unspecified atom stereocenters. The van der Waals surface area contributed by atoms with Crippen LogP contribution in [0.15, 0.2) is 12.1 Å². The molecular weight excluding hydrogens is 186 g/mol. The Morgan fingerprint density at radius 1 is 1.33 bits per heavy atom. The first-order valence-corrected chi connectivity index (χ1v) is 5.44. The number of nitrogens with zero attached hydrogens (tertiary/aromatic N) is 2. The van der Waals surface area contributed by atoms with Crippen LogP contribution in [0.3, 0.4) is 0 Å². The van der Waals surface area contributed by atoms with E-state index in [1.165, 1.54) is 22.6 Å². The minimum atomic E-state index is 0.912. The van der Waals surface area contributed by atoms with Crippen LogP contribution in [-0.4, -0.2) is 15.9 Å². The summed E-state index contributed by atoms with van der Waals surface area (Å²) in [6, 6.07) is 4.38. The number of nitrogens with one attached hydrogen (secondary N) is 1. The molecule has 0 aliphatic carbocycles. The first-order chi connectivity index (χ1) is 7.25. The van der Waals surface area contributed by atoms with Crippen molar-refractivity contribution in [3.63, 3.8) is 0 Å². The van der Waals surface area contributed by atoms with Gasteiger partial charge in [-0.05, 0) is 31.5 Å². The summed E-state index contributed by atoms with van der Waals surface area (Å²) in [4.78, 5) is 4.68. The van der Waals surface area contributed by atoms with Crippen LogP contribution in [-0.2, 0) is 13.0 Å². The second-order valence-corrected chi connectivity index (χ2v) is 4.30. The Morgan fingerprint density at radius 3 is 3.07 bits per heavy atom. The molecule has 0 fully saturated rings. The number of hydrogen-bond acceptors (Lipinski definition) is 2. The Labute approximate surface area is 89.1 Å². The molecule has 1 aliphatic rings. The predicted molar refractivity (Wildman–Crippen MR) is 60.1 cm³/mol. The van der Waals surface area contributed by atoms with Gasteiger partial charge >= 0.3 is 0 Å². The average molecular weight is 201 g/mol. The summed E-state index contributed by atoms with van der Waals surface area (Å²) < 4.78 is 2.29. The van der Waals surface area contributed by atoms with Gasteiger partial charge in [0.05, 0.1) is 5.69 Å². The third kappa shape index (κ3) is 1.27. The number of pyridine rings is 1. The molecular formula is C12H15N3. The summed E-state index contributed by atoms with van der Waals surface area (Å²) in [6.07, 6.45) is 1.08. The average Bonchev–Trinajstić information content (AvgIpc) is 2.54. The van der Waals surface area contributed by atoms with Crippen LogP contribution in [0.5, 0.6) is 0 Å². The van der Waals surface area contributed by atoms with Crippen molar-refractivity contribution in [3.8, 4) is 0 Å². The van der Waals surface area contributed by atoms with Gasteiger partial charge in [-0.15, -0.1) is 0 Å². The Bertz CT molecular complexity index is 525. The molecule has 2 aromatic heterocycles. The minimum Gasteiger partial charge on any atom is -0.311 e. The lowest BCUT2D eigenvalue weighted by Gasteiger charge is -2.13. The van der Waals surface area contributed by atoms with Crippen molar-refractivity contribution in [1.82, 2.24) is 14.7 Å². The van der Waals surface area contributed by atoms with E-state index in [1.807, 2.05) is 0 Å². The summed E-state index contributed by atoms with van der Waals surface area (Å²) in [5.74, 6) is 0. The van der Waals surface area contributed by atoms with Gasteiger partial charge in [0.1, 0.15) is 5.65 Å². The number of imidazole rings is 1. The van der Waals surface area contributed by atoms with E-state index in [0.717, 1.165) is 25.2 Å². The number of hydrogen-bond donors (Lipinski definition) is 1. The topological polar surface area (TPSA) is 29.3 Å². The fourth-order valence-corrected chi connectivity index (χ4v) is 2.46. The zero-order chi connectivity index (χ0) is 10.4. The van der Waals surface area contributed by atoms with Crippen molar-refractivity contribution < 1.29 is 0 Å². The maximum absolute atomic E-state index is 4.68. The van der Waals surface area contributed by atoms with Crippen LogP contribution in [0.1, 0.15) is 22.6 Å². The van der Waals surface area contributed by atoms with E-state index in [9.17, 15) is 0 Å². The molecule has 15 heavy (non-hydrogen) atoms. The first kappa shape index (κ1) is 8.92. The van der Waals surface area contributed by atoms with Crippen molar-refractivity contribution in [2.75, 3.05) is 6.54 Å². The van der Waals surface area contributed by atoms with Gasteiger partial charge in [-0.3, -0.25) is 0 Å². The molecule has 1 aliphatic heterocycles. The maximum atomic E-state index is 4.68. The molecule has 0 saturated heterocycles. The first-order valence-electron chi connectivity index (χ1n) is 5.44. The third-order valence-electron chi connectivity index (χ3n) is 3.06. The van der Waals surface area contributed by atoms with E-state index >= 15 is 0 Å². The van der Waals surface area contributed by atoms with Crippen LogP contribution in [0.25, 0.3) is 5.65 Å². The molecule has 3 heteroatoms. The lowest BCUT2D eigenvalue weighted by molar-refractivity contribution is 0.621. The summed E-state index contributed by atoms with van der Waals surface area (Å²) >= 11 is 0. The largest absolute Gasteiger partial charge is 0.311 e. The predicted octanol–water partition coefficient (Wildman–Crippen LogP) is 1.60. The van der Waals surface area contributed by atoms with E-state index in [-0.39, 0.29) is 0 Å². The highest BCUT2D eigenvalue weighted by Gasteiger charge is 2.16. The van der Waals surface area contributed by atoms with Gasteiger partial charge in [-0.25, -0.2) is 4.98 Å². The van der Waals surface area contributed by atoms with E-state index in [4.69, 9.17) is 0 Å². The quantitative estimate of drug-likeness (QED) is 0.701. The van der Waals surface area contributed by atoms with Crippen molar-refractivity contribution in [2.24, 2.45) is 0 Å². The zero-order valence-corrected chi connectivity index (χ0v) is 9.17. The molecule has 3 heterocycles. The Balaban J connectivity index is 2.37. The Hall–Kier alpha value is -1.35. The zero-order valence-electron chi connectivity index (χ0n) is 9.17. The Morgan fingerprint density at radius 2 is 2.20 bits per heavy atom. The van der Waals surface area contributed by atoms with Gasteiger partial charge in [0.15, 0.2) is 0 Å². The third-order valence-corrected chi connectivity index (χ3v) is 3.06. The normalized spacial score (nSPS) is 15.6. The molecule has 0 spiro atoms. The van der Waals surface area contributed by atoms with Gasteiger partial charge in [0, 0.05) is 30.9 Å². The molecule has 3 nitrogen and oxygen atoms in total. The van der Waals surface area contributed by atoms with Crippen LogP contribution < -0.4 is 5.32 Å². The second-order valence-electron chi connectivity index (χ2n) is 4.30. The fraction of sp³-hybridized carbons (Fsp3) is 0.417. The molecule has 0 amide bonds. The van der Waals surface area contributed by atoms with E-state index in [2.05, 4.69) is 40.7 Å². The number of rotatable bonds is 0. The summed E-state index contributed by atoms with van der Waals surface area (Å²) in [7, 11) is 0. The Kier molecular flexibility index (Phi) is 1.83. The van der Waals surface area contributed by atoms with Crippen LogP contribution >= 0.6 is 0 Å². The lowest BCUT2D eigenvalue weighted by Crippen LogP contribution is -2.24. The summed E-state index contributed by atoms with van der Waals surface area (Å²) in [5.41, 5.74) is 6.29. The fourth-order valence-electron chi connectivity index (χ4n) is 2.46. The SMILES string of the molecule is Cc1cc(C)n2c3c(nc2c1)CNCC3. The van der Waals surface area contributed by atoms with Crippen LogP contribution in [0.2, 0.25) is 0 Å². The molecule has 78 valence electrons. The molecule has 2 aromatic rings. The van der Waals surface area contributed by atoms with Crippen molar-refractivity contribution in [2.45, 2.75) is 26.8 Å². The van der Waals surface area contributed by atoms with E-state index in [1.54, 1.807) is 0 Å². The second kappa shape index (κ2) is 3.07.